The van der Waals surface area contributed by atoms with Gasteiger partial charge in [0.2, 0.25) is 0 Å². The van der Waals surface area contributed by atoms with Gasteiger partial charge in [0.25, 0.3) is 5.91 Å². The molecule has 3 amide bonds. The fourth-order valence-corrected chi connectivity index (χ4v) is 6.47. The number of aromatic nitrogens is 3. The molecule has 0 radical (unpaired) electrons. The Balaban J connectivity index is 1.41. The van der Waals surface area contributed by atoms with Crippen molar-refractivity contribution in [3.63, 3.8) is 0 Å². The van der Waals surface area contributed by atoms with E-state index in [-0.39, 0.29) is 11.6 Å². The number of nitrogens with one attached hydrogen (secondary N) is 3. The van der Waals surface area contributed by atoms with E-state index in [2.05, 4.69) is 32.5 Å². The van der Waals surface area contributed by atoms with Crippen LogP contribution in [-0.2, 0) is 33.0 Å². The molecule has 5 aromatic rings. The highest BCUT2D eigenvalue weighted by molar-refractivity contribution is 6.20. The normalized spacial score (nSPS) is 13.8. The molecule has 2 aromatic heterocycles. The Bertz CT molecular complexity index is 1900. The quantitative estimate of drug-likeness (QED) is 0.262. The van der Waals surface area contributed by atoms with Crippen LogP contribution < -0.4 is 16.0 Å². The fourth-order valence-electron chi connectivity index (χ4n) is 6.47. The summed E-state index contributed by atoms with van der Waals surface area (Å²) in [5, 5.41) is 15.3. The molecular weight excluding hydrogens is 507 g/mol. The molecule has 2 aliphatic rings. The highest BCUT2D eigenvalue weighted by Gasteiger charge is 2.35. The second-order valence-electron chi connectivity index (χ2n) is 10.7. The Morgan fingerprint density at radius 3 is 2.77 bits per heavy atom. The highest BCUT2D eigenvalue weighted by atomic mass is 19.1. The van der Waals surface area contributed by atoms with Crippen LogP contribution in [0.3, 0.4) is 0 Å². The Labute approximate surface area is 230 Å². The predicted octanol–water partition coefficient (Wildman–Crippen LogP) is 6.04. The van der Waals surface area contributed by atoms with Crippen LogP contribution in [0.15, 0.2) is 42.6 Å². The molecule has 3 N–H and O–H groups in total. The van der Waals surface area contributed by atoms with E-state index in [1.807, 2.05) is 43.0 Å². The highest BCUT2D eigenvalue weighted by Crippen LogP contribution is 2.47. The van der Waals surface area contributed by atoms with E-state index < -0.39 is 11.8 Å². The first-order valence-corrected chi connectivity index (χ1v) is 13.6. The number of fused-ring (bicyclic) bond motifs is 10. The summed E-state index contributed by atoms with van der Waals surface area (Å²) in [5.74, 6) is -0.553. The van der Waals surface area contributed by atoms with E-state index in [1.54, 1.807) is 12.1 Å². The van der Waals surface area contributed by atoms with Gasteiger partial charge in [-0.25, -0.2) is 9.18 Å². The summed E-state index contributed by atoms with van der Waals surface area (Å²) < 4.78 is 18.4. The van der Waals surface area contributed by atoms with Gasteiger partial charge in [-0.3, -0.25) is 9.48 Å². The molecule has 202 valence electrons. The van der Waals surface area contributed by atoms with Gasteiger partial charge in [0.15, 0.2) is 0 Å². The van der Waals surface area contributed by atoms with Crippen molar-refractivity contribution in [3.8, 4) is 11.1 Å². The zero-order valence-corrected chi connectivity index (χ0v) is 22.6. The van der Waals surface area contributed by atoms with Gasteiger partial charge in [-0.2, -0.15) is 5.10 Å². The van der Waals surface area contributed by atoms with Crippen molar-refractivity contribution in [1.82, 2.24) is 19.7 Å². The zero-order valence-electron chi connectivity index (χ0n) is 22.6. The molecule has 9 heteroatoms. The summed E-state index contributed by atoms with van der Waals surface area (Å²) in [4.78, 5) is 26.1. The number of amides is 3. The lowest BCUT2D eigenvalue weighted by Gasteiger charge is -2.21. The first kappa shape index (κ1) is 24.4. The summed E-state index contributed by atoms with van der Waals surface area (Å²) in [6.45, 7) is 5.27. The summed E-state index contributed by atoms with van der Waals surface area (Å²) in [6, 6.07) is 9.92. The Morgan fingerprint density at radius 1 is 1.10 bits per heavy atom. The number of nitrogens with zero attached hydrogens (tertiary/aromatic N) is 3. The van der Waals surface area contributed by atoms with Crippen LogP contribution in [0.5, 0.6) is 0 Å². The molecule has 0 bridgehead atoms. The van der Waals surface area contributed by atoms with Crippen molar-refractivity contribution in [2.75, 3.05) is 10.6 Å². The van der Waals surface area contributed by atoms with Crippen LogP contribution in [-0.4, -0.2) is 26.3 Å². The number of benzene rings is 3. The van der Waals surface area contributed by atoms with Gasteiger partial charge in [-0.1, -0.05) is 13.0 Å². The van der Waals surface area contributed by atoms with Gasteiger partial charge >= 0.3 is 6.03 Å². The van der Waals surface area contributed by atoms with E-state index in [0.717, 1.165) is 81.1 Å². The molecular formula is C31H29FN6O2. The van der Waals surface area contributed by atoms with E-state index in [4.69, 9.17) is 0 Å². The molecule has 3 aromatic carbocycles. The number of urea groups is 1. The molecule has 8 nitrogen and oxygen atoms in total. The van der Waals surface area contributed by atoms with E-state index >= 15 is 0 Å². The lowest BCUT2D eigenvalue weighted by atomic mass is 9.82. The standard InChI is InChI=1S/C31H29FN6O2/c1-4-11-38-25-10-6-17(34-31(40)35-24-12-16(2)5-8-22(24)32)13-19(25)27-20-14-33-30(39)28(20)26-18(29(27)38)7-9-23-21(26)15-37(3)36-23/h5-6,8,10,12-13,15H,4,7,9,11,14H2,1-3H3,(H,33,39)(H2,34,35,40). The van der Waals surface area contributed by atoms with Crippen LogP contribution in [0.1, 0.15) is 46.1 Å². The minimum atomic E-state index is -0.523. The lowest BCUT2D eigenvalue weighted by molar-refractivity contribution is 0.0966. The minimum absolute atomic E-state index is 0.0601. The number of anilines is 2. The average Bonchev–Trinajstić information content (AvgIpc) is 3.59. The molecule has 0 saturated carbocycles. The van der Waals surface area contributed by atoms with Crippen molar-refractivity contribution in [3.05, 3.63) is 76.4 Å². The first-order chi connectivity index (χ1) is 19.3. The Kier molecular flexibility index (Phi) is 5.45. The maximum atomic E-state index is 14.2. The maximum Gasteiger partial charge on any atom is 0.323 e. The molecule has 0 spiro atoms. The number of hydrogen-bond acceptors (Lipinski definition) is 3. The molecule has 0 unspecified atom stereocenters. The molecule has 1 aliphatic heterocycles. The second kappa shape index (κ2) is 8.94. The number of carbonyl (C=O) groups is 2. The van der Waals surface area contributed by atoms with E-state index in [1.165, 1.54) is 11.6 Å². The van der Waals surface area contributed by atoms with Gasteiger partial charge in [0.05, 0.1) is 22.5 Å². The fraction of sp³-hybridized carbons (Fsp3) is 0.258. The first-order valence-electron chi connectivity index (χ1n) is 13.6. The largest absolute Gasteiger partial charge is 0.348 e. The van der Waals surface area contributed by atoms with E-state index in [9.17, 15) is 14.0 Å². The summed E-state index contributed by atoms with van der Waals surface area (Å²) >= 11 is 0. The third-order valence-electron chi connectivity index (χ3n) is 8.02. The number of aryl methyl sites for hydroxylation is 5. The van der Waals surface area contributed by atoms with Gasteiger partial charge in [-0.15, -0.1) is 0 Å². The SMILES string of the molecule is CCCn1c2ccc(NC(=O)Nc3cc(C)ccc3F)cc2c2c3c(c4c(c21)CCc1nn(C)cc1-4)C(=O)NC3. The van der Waals surface area contributed by atoms with Crippen molar-refractivity contribution in [1.29, 1.82) is 0 Å². The molecule has 1 aliphatic carbocycles. The van der Waals surface area contributed by atoms with Crippen LogP contribution >= 0.6 is 0 Å². The number of halogens is 1. The van der Waals surface area contributed by atoms with Gasteiger partial charge in [0, 0.05) is 59.4 Å². The van der Waals surface area contributed by atoms with Crippen LogP contribution in [0, 0.1) is 12.7 Å². The summed E-state index contributed by atoms with van der Waals surface area (Å²) in [5.41, 5.74) is 9.74. The van der Waals surface area contributed by atoms with Crippen molar-refractivity contribution < 1.29 is 14.0 Å². The third kappa shape index (κ3) is 3.61. The summed E-state index contributed by atoms with van der Waals surface area (Å²) in [6.07, 6.45) is 4.58. The van der Waals surface area contributed by atoms with Gasteiger partial charge in [0.1, 0.15) is 5.82 Å². The molecule has 0 atom stereocenters. The number of carbonyl (C=O) groups excluding carboxylic acids is 2. The van der Waals surface area contributed by atoms with Gasteiger partial charge in [-0.05, 0) is 73.2 Å². The smallest absolute Gasteiger partial charge is 0.323 e. The second-order valence-corrected chi connectivity index (χ2v) is 10.7. The van der Waals surface area contributed by atoms with Crippen LogP contribution in [0.4, 0.5) is 20.6 Å². The third-order valence-corrected chi connectivity index (χ3v) is 8.02. The molecule has 0 saturated heterocycles. The zero-order chi connectivity index (χ0) is 27.7. The number of hydrogen-bond donors (Lipinski definition) is 3. The number of rotatable bonds is 4. The Hall–Kier alpha value is -4.66. The summed E-state index contributed by atoms with van der Waals surface area (Å²) in [7, 11) is 1.92. The minimum Gasteiger partial charge on any atom is -0.348 e. The van der Waals surface area contributed by atoms with E-state index in [0.29, 0.717) is 12.2 Å². The topological polar surface area (TPSA) is 93.0 Å². The van der Waals surface area contributed by atoms with Crippen molar-refractivity contribution in [2.45, 2.75) is 46.2 Å². The van der Waals surface area contributed by atoms with Crippen molar-refractivity contribution in [2.24, 2.45) is 7.05 Å². The molecule has 7 rings (SSSR count). The van der Waals surface area contributed by atoms with Crippen molar-refractivity contribution >= 4 is 45.1 Å². The predicted molar refractivity (Wildman–Crippen MR) is 154 cm³/mol. The molecule has 40 heavy (non-hydrogen) atoms. The molecule has 0 fully saturated rings. The molecule has 3 heterocycles. The lowest BCUT2D eigenvalue weighted by Crippen LogP contribution is -2.20. The maximum absolute atomic E-state index is 14.2. The van der Waals surface area contributed by atoms with Crippen LogP contribution in [0.25, 0.3) is 32.9 Å². The Morgan fingerprint density at radius 2 is 1.95 bits per heavy atom. The monoisotopic (exact) mass is 536 g/mol. The van der Waals surface area contributed by atoms with Gasteiger partial charge < -0.3 is 20.5 Å². The van der Waals surface area contributed by atoms with Crippen LogP contribution in [0.2, 0.25) is 0 Å². The average molecular weight is 537 g/mol.